The van der Waals surface area contributed by atoms with E-state index in [2.05, 4.69) is 49.9 Å². The highest BCUT2D eigenvalue weighted by molar-refractivity contribution is 5.29. The van der Waals surface area contributed by atoms with Crippen LogP contribution in [0.4, 0.5) is 0 Å². The molecule has 2 aromatic carbocycles. The van der Waals surface area contributed by atoms with Crippen molar-refractivity contribution in [2.45, 2.75) is 51.9 Å². The fourth-order valence-electron chi connectivity index (χ4n) is 3.31. The fraction of sp³-hybridized carbons (Fsp3) is 0.478. The molecular weight excluding hydrogens is 322 g/mol. The van der Waals surface area contributed by atoms with Crippen LogP contribution < -0.4 is 0 Å². The first-order chi connectivity index (χ1) is 12.7. The predicted octanol–water partition coefficient (Wildman–Crippen LogP) is 4.66. The summed E-state index contributed by atoms with van der Waals surface area (Å²) in [5, 5.41) is 10.7. The molecule has 0 aliphatic carbocycles. The summed E-state index contributed by atoms with van der Waals surface area (Å²) in [4.78, 5) is 2.36. The summed E-state index contributed by atoms with van der Waals surface area (Å²) < 4.78 is 6.23. The Kier molecular flexibility index (Phi) is 8.82. The monoisotopic (exact) mass is 355 g/mol. The Bertz CT molecular complexity index is 557. The molecule has 0 aliphatic rings. The second kappa shape index (κ2) is 11.1. The highest BCUT2D eigenvalue weighted by Gasteiger charge is 2.23. The maximum atomic E-state index is 10.7. The lowest BCUT2D eigenvalue weighted by molar-refractivity contribution is -0.0318. The Hall–Kier alpha value is -1.68. The second-order valence-electron chi connectivity index (χ2n) is 6.88. The van der Waals surface area contributed by atoms with E-state index in [1.165, 1.54) is 0 Å². The van der Waals surface area contributed by atoms with Gasteiger partial charge in [-0.1, -0.05) is 74.5 Å². The third-order valence-electron chi connectivity index (χ3n) is 4.79. The van der Waals surface area contributed by atoms with Gasteiger partial charge in [-0.05, 0) is 44.0 Å². The fourth-order valence-corrected chi connectivity index (χ4v) is 3.31. The first-order valence-electron chi connectivity index (χ1n) is 9.81. The van der Waals surface area contributed by atoms with E-state index in [-0.39, 0.29) is 12.1 Å². The topological polar surface area (TPSA) is 32.7 Å². The van der Waals surface area contributed by atoms with E-state index in [9.17, 15) is 5.11 Å². The molecule has 0 heterocycles. The van der Waals surface area contributed by atoms with Crippen molar-refractivity contribution in [3.05, 3.63) is 71.8 Å². The zero-order valence-electron chi connectivity index (χ0n) is 16.3. The highest BCUT2D eigenvalue weighted by atomic mass is 16.5. The summed E-state index contributed by atoms with van der Waals surface area (Å²) >= 11 is 0. The largest absolute Gasteiger partial charge is 0.389 e. The van der Waals surface area contributed by atoms with E-state index in [0.717, 1.165) is 37.1 Å². The number of aliphatic hydroxyl groups is 1. The molecule has 2 aromatic rings. The zero-order chi connectivity index (χ0) is 18.8. The maximum absolute atomic E-state index is 10.7. The van der Waals surface area contributed by atoms with Crippen molar-refractivity contribution in [3.63, 3.8) is 0 Å². The van der Waals surface area contributed by atoms with E-state index in [0.29, 0.717) is 6.61 Å². The Morgan fingerprint density at radius 3 is 1.73 bits per heavy atom. The van der Waals surface area contributed by atoms with Crippen molar-refractivity contribution in [1.29, 1.82) is 0 Å². The number of aliphatic hydroxyl groups excluding tert-OH is 1. The minimum atomic E-state index is -0.511. The van der Waals surface area contributed by atoms with Crippen LogP contribution >= 0.6 is 0 Å². The number of rotatable bonds is 11. The number of ether oxygens (including phenoxy) is 1. The smallest absolute Gasteiger partial charge is 0.108 e. The molecule has 0 fully saturated rings. The standard InChI is InChI=1S/C23H33NO2/c1-4-16-24(17-5-2)19(3)22(25)18-26-23(20-12-8-6-9-13-20)21-14-10-7-11-15-21/h6-15,19,22-23,25H,4-5,16-18H2,1-3H3/t19-,22+/m1/s1. The molecule has 0 aliphatic heterocycles. The zero-order valence-corrected chi connectivity index (χ0v) is 16.3. The van der Waals surface area contributed by atoms with Gasteiger partial charge in [0.2, 0.25) is 0 Å². The van der Waals surface area contributed by atoms with Crippen molar-refractivity contribution in [2.75, 3.05) is 19.7 Å². The lowest BCUT2D eigenvalue weighted by Gasteiger charge is -2.32. The number of hydrogen-bond donors (Lipinski definition) is 1. The molecule has 0 radical (unpaired) electrons. The predicted molar refractivity (Wildman–Crippen MR) is 108 cm³/mol. The molecule has 0 amide bonds. The molecule has 26 heavy (non-hydrogen) atoms. The van der Waals surface area contributed by atoms with Gasteiger partial charge in [-0.3, -0.25) is 4.90 Å². The Morgan fingerprint density at radius 2 is 1.31 bits per heavy atom. The van der Waals surface area contributed by atoms with Crippen LogP contribution in [0.1, 0.15) is 50.8 Å². The van der Waals surface area contributed by atoms with E-state index >= 15 is 0 Å². The van der Waals surface area contributed by atoms with Crippen molar-refractivity contribution in [1.82, 2.24) is 4.90 Å². The Balaban J connectivity index is 2.07. The second-order valence-corrected chi connectivity index (χ2v) is 6.88. The average molecular weight is 356 g/mol. The molecule has 0 saturated heterocycles. The van der Waals surface area contributed by atoms with Gasteiger partial charge in [-0.15, -0.1) is 0 Å². The Morgan fingerprint density at radius 1 is 0.846 bits per heavy atom. The minimum absolute atomic E-state index is 0.0853. The van der Waals surface area contributed by atoms with E-state index < -0.39 is 6.10 Å². The molecule has 2 atom stereocenters. The van der Waals surface area contributed by atoms with Gasteiger partial charge in [0, 0.05) is 6.04 Å². The lowest BCUT2D eigenvalue weighted by Crippen LogP contribution is -2.44. The van der Waals surface area contributed by atoms with E-state index in [1.54, 1.807) is 0 Å². The van der Waals surface area contributed by atoms with Gasteiger partial charge < -0.3 is 9.84 Å². The summed E-state index contributed by atoms with van der Waals surface area (Å²) in [5.74, 6) is 0. The van der Waals surface area contributed by atoms with Crippen LogP contribution in [0.2, 0.25) is 0 Å². The van der Waals surface area contributed by atoms with Crippen LogP contribution in [0.5, 0.6) is 0 Å². The van der Waals surface area contributed by atoms with Gasteiger partial charge in [0.25, 0.3) is 0 Å². The summed E-state index contributed by atoms with van der Waals surface area (Å²) in [7, 11) is 0. The normalized spacial score (nSPS) is 13.9. The highest BCUT2D eigenvalue weighted by Crippen LogP contribution is 2.26. The number of nitrogens with zero attached hydrogens (tertiary/aromatic N) is 1. The van der Waals surface area contributed by atoms with Crippen molar-refractivity contribution in [2.24, 2.45) is 0 Å². The lowest BCUT2D eigenvalue weighted by atomic mass is 10.0. The molecule has 3 heteroatoms. The van der Waals surface area contributed by atoms with Gasteiger partial charge in [0.15, 0.2) is 0 Å². The summed E-state index contributed by atoms with van der Waals surface area (Å²) in [6.45, 7) is 8.79. The molecule has 1 N–H and O–H groups in total. The first kappa shape index (κ1) is 20.6. The third-order valence-corrected chi connectivity index (χ3v) is 4.79. The molecule has 0 saturated carbocycles. The molecular formula is C23H33NO2. The maximum Gasteiger partial charge on any atom is 0.108 e. The van der Waals surface area contributed by atoms with Gasteiger partial charge in [0.05, 0.1) is 12.7 Å². The molecule has 3 nitrogen and oxygen atoms in total. The van der Waals surface area contributed by atoms with E-state index in [4.69, 9.17) is 4.74 Å². The van der Waals surface area contributed by atoms with Crippen LogP contribution in [-0.2, 0) is 4.74 Å². The van der Waals surface area contributed by atoms with Gasteiger partial charge in [-0.2, -0.15) is 0 Å². The van der Waals surface area contributed by atoms with E-state index in [1.807, 2.05) is 36.4 Å². The molecule has 2 rings (SSSR count). The molecule has 142 valence electrons. The van der Waals surface area contributed by atoms with Crippen molar-refractivity contribution >= 4 is 0 Å². The average Bonchev–Trinajstić information content (AvgIpc) is 2.69. The SMILES string of the molecule is CCCN(CCC)[C@H](C)[C@@H](O)COC(c1ccccc1)c1ccccc1. The molecule has 0 aromatic heterocycles. The first-order valence-corrected chi connectivity index (χ1v) is 9.81. The van der Waals surface area contributed by atoms with Crippen LogP contribution in [0.15, 0.2) is 60.7 Å². The summed E-state index contributed by atoms with van der Waals surface area (Å²) in [6, 6.07) is 20.5. The number of hydrogen-bond acceptors (Lipinski definition) is 3. The van der Waals surface area contributed by atoms with Crippen LogP contribution in [0.25, 0.3) is 0 Å². The Labute approximate surface area is 158 Å². The quantitative estimate of drug-likeness (QED) is 0.636. The van der Waals surface area contributed by atoms with Gasteiger partial charge in [0.1, 0.15) is 6.10 Å². The minimum Gasteiger partial charge on any atom is -0.389 e. The van der Waals surface area contributed by atoms with Gasteiger partial charge >= 0.3 is 0 Å². The van der Waals surface area contributed by atoms with Gasteiger partial charge in [-0.25, -0.2) is 0 Å². The summed E-state index contributed by atoms with van der Waals surface area (Å²) in [6.07, 6.45) is 1.51. The number of benzene rings is 2. The van der Waals surface area contributed by atoms with Crippen molar-refractivity contribution in [3.8, 4) is 0 Å². The van der Waals surface area contributed by atoms with Crippen molar-refractivity contribution < 1.29 is 9.84 Å². The van der Waals surface area contributed by atoms with Crippen LogP contribution in [0.3, 0.4) is 0 Å². The molecule has 0 bridgehead atoms. The molecule has 0 spiro atoms. The summed E-state index contributed by atoms with van der Waals surface area (Å²) in [5.41, 5.74) is 2.22. The third kappa shape index (κ3) is 5.94. The molecule has 0 unspecified atom stereocenters. The van der Waals surface area contributed by atoms with Crippen LogP contribution in [-0.4, -0.2) is 41.8 Å². The van der Waals surface area contributed by atoms with Crippen LogP contribution in [0, 0.1) is 0 Å².